The summed E-state index contributed by atoms with van der Waals surface area (Å²) < 4.78 is 16.9. The van der Waals surface area contributed by atoms with Gasteiger partial charge in [-0.15, -0.1) is 0 Å². The van der Waals surface area contributed by atoms with Crippen LogP contribution in [0.15, 0.2) is 46.9 Å². The summed E-state index contributed by atoms with van der Waals surface area (Å²) in [5.41, 5.74) is 1.14. The maximum atomic E-state index is 11.8. The summed E-state index contributed by atoms with van der Waals surface area (Å²) in [5, 5.41) is 2.86. The van der Waals surface area contributed by atoms with Crippen LogP contribution in [0, 0.1) is 0 Å². The van der Waals surface area contributed by atoms with Crippen LogP contribution in [0.25, 0.3) is 0 Å². The third kappa shape index (κ3) is 6.31. The molecule has 134 valence electrons. The number of carbonyl (C=O) groups excluding carboxylic acids is 1. The summed E-state index contributed by atoms with van der Waals surface area (Å²) >= 11 is 3.35. The van der Waals surface area contributed by atoms with Gasteiger partial charge in [-0.2, -0.15) is 0 Å². The molecule has 25 heavy (non-hydrogen) atoms. The van der Waals surface area contributed by atoms with E-state index < -0.39 is 0 Å². The highest BCUT2D eigenvalue weighted by atomic mass is 79.9. The summed E-state index contributed by atoms with van der Waals surface area (Å²) in [5.74, 6) is 1.97. The molecule has 0 aromatic heterocycles. The molecule has 2 rings (SSSR count). The quantitative estimate of drug-likeness (QED) is 0.645. The molecule has 1 amide bonds. The average molecular weight is 408 g/mol. The van der Waals surface area contributed by atoms with Crippen LogP contribution in [0.2, 0.25) is 0 Å². The number of amides is 1. The van der Waals surface area contributed by atoms with Crippen LogP contribution in [0.1, 0.15) is 12.0 Å². The van der Waals surface area contributed by atoms with Crippen LogP contribution < -0.4 is 19.5 Å². The van der Waals surface area contributed by atoms with Crippen molar-refractivity contribution in [3.8, 4) is 17.2 Å². The Bertz CT molecular complexity index is 688. The van der Waals surface area contributed by atoms with Crippen LogP contribution >= 0.6 is 15.9 Å². The van der Waals surface area contributed by atoms with E-state index in [-0.39, 0.29) is 12.5 Å². The Morgan fingerprint density at radius 2 is 1.76 bits per heavy atom. The molecule has 0 heterocycles. The Hall–Kier alpha value is -2.21. The number of methoxy groups -OCH3 is 2. The van der Waals surface area contributed by atoms with Gasteiger partial charge in [-0.25, -0.2) is 0 Å². The minimum atomic E-state index is -0.129. The topological polar surface area (TPSA) is 56.8 Å². The van der Waals surface area contributed by atoms with E-state index in [4.69, 9.17) is 14.2 Å². The molecule has 0 saturated carbocycles. The highest BCUT2D eigenvalue weighted by molar-refractivity contribution is 9.10. The molecule has 2 aromatic carbocycles. The largest absolute Gasteiger partial charge is 0.493 e. The van der Waals surface area contributed by atoms with Crippen molar-refractivity contribution >= 4 is 21.8 Å². The number of ether oxygens (including phenoxy) is 3. The Labute approximate surface area is 156 Å². The predicted octanol–water partition coefficient (Wildman–Crippen LogP) is 3.59. The molecule has 0 saturated heterocycles. The third-order valence-electron chi connectivity index (χ3n) is 3.60. The minimum absolute atomic E-state index is 0.0119. The van der Waals surface area contributed by atoms with Crippen molar-refractivity contribution in [2.45, 2.75) is 12.8 Å². The highest BCUT2D eigenvalue weighted by Gasteiger charge is 2.05. The predicted molar refractivity (Wildman–Crippen MR) is 101 cm³/mol. The molecule has 0 aliphatic carbocycles. The van der Waals surface area contributed by atoms with Gasteiger partial charge in [-0.1, -0.05) is 22.0 Å². The number of hydrogen-bond acceptors (Lipinski definition) is 4. The molecule has 0 aliphatic rings. The zero-order chi connectivity index (χ0) is 18.1. The maximum Gasteiger partial charge on any atom is 0.257 e. The molecule has 5 nitrogen and oxygen atoms in total. The smallest absolute Gasteiger partial charge is 0.257 e. The molecule has 0 unspecified atom stereocenters. The molecule has 6 heteroatoms. The van der Waals surface area contributed by atoms with Crippen molar-refractivity contribution in [3.63, 3.8) is 0 Å². The van der Waals surface area contributed by atoms with Gasteiger partial charge in [-0.3, -0.25) is 4.79 Å². The van der Waals surface area contributed by atoms with Crippen LogP contribution in [0.4, 0.5) is 0 Å². The van der Waals surface area contributed by atoms with Gasteiger partial charge in [0.1, 0.15) is 5.75 Å². The van der Waals surface area contributed by atoms with Gasteiger partial charge in [0.15, 0.2) is 18.1 Å². The fourth-order valence-electron chi connectivity index (χ4n) is 2.29. The van der Waals surface area contributed by atoms with E-state index >= 15 is 0 Å². The van der Waals surface area contributed by atoms with E-state index in [0.717, 1.165) is 22.9 Å². The first-order valence-corrected chi connectivity index (χ1v) is 8.77. The molecule has 0 spiro atoms. The second kappa shape index (κ2) is 9.93. The maximum absolute atomic E-state index is 11.8. The van der Waals surface area contributed by atoms with Crippen molar-refractivity contribution in [2.75, 3.05) is 27.4 Å². The Balaban J connectivity index is 1.68. The molecular formula is C19H22BrNO4. The van der Waals surface area contributed by atoms with Crippen LogP contribution in [0.5, 0.6) is 17.2 Å². The van der Waals surface area contributed by atoms with Gasteiger partial charge >= 0.3 is 0 Å². The highest BCUT2D eigenvalue weighted by Crippen LogP contribution is 2.27. The summed E-state index contributed by atoms with van der Waals surface area (Å²) in [4.78, 5) is 11.8. The molecule has 0 bridgehead atoms. The number of aryl methyl sites for hydroxylation is 1. The fourth-order valence-corrected chi connectivity index (χ4v) is 2.55. The lowest BCUT2D eigenvalue weighted by Gasteiger charge is -2.10. The summed E-state index contributed by atoms with van der Waals surface area (Å²) in [6, 6.07) is 13.2. The molecule has 0 radical (unpaired) electrons. The second-order valence-electron chi connectivity index (χ2n) is 5.39. The summed E-state index contributed by atoms with van der Waals surface area (Å²) in [6.07, 6.45) is 1.67. The zero-order valence-electron chi connectivity index (χ0n) is 14.4. The lowest BCUT2D eigenvalue weighted by atomic mass is 10.1. The normalized spacial score (nSPS) is 10.2. The second-order valence-corrected chi connectivity index (χ2v) is 6.30. The monoisotopic (exact) mass is 407 g/mol. The van der Waals surface area contributed by atoms with Crippen molar-refractivity contribution in [1.82, 2.24) is 5.32 Å². The van der Waals surface area contributed by atoms with E-state index in [2.05, 4.69) is 21.2 Å². The van der Waals surface area contributed by atoms with E-state index in [0.29, 0.717) is 23.8 Å². The van der Waals surface area contributed by atoms with Gasteiger partial charge in [0.05, 0.1) is 14.2 Å². The minimum Gasteiger partial charge on any atom is -0.493 e. The lowest BCUT2D eigenvalue weighted by Crippen LogP contribution is -2.29. The van der Waals surface area contributed by atoms with Crippen molar-refractivity contribution in [3.05, 3.63) is 52.5 Å². The molecule has 0 fully saturated rings. The van der Waals surface area contributed by atoms with E-state index in [1.807, 2.05) is 42.5 Å². The molecular weight excluding hydrogens is 386 g/mol. The molecule has 2 aromatic rings. The van der Waals surface area contributed by atoms with Gasteiger partial charge < -0.3 is 19.5 Å². The fraction of sp³-hybridized carbons (Fsp3) is 0.316. The number of carbonyl (C=O) groups is 1. The van der Waals surface area contributed by atoms with Gasteiger partial charge in [0.25, 0.3) is 5.91 Å². The van der Waals surface area contributed by atoms with E-state index in [1.54, 1.807) is 14.2 Å². The summed E-state index contributed by atoms with van der Waals surface area (Å²) in [6.45, 7) is 0.606. The number of hydrogen-bond donors (Lipinski definition) is 1. The number of benzene rings is 2. The van der Waals surface area contributed by atoms with Crippen LogP contribution in [-0.2, 0) is 11.2 Å². The number of rotatable bonds is 9. The van der Waals surface area contributed by atoms with E-state index in [9.17, 15) is 4.79 Å². The Kier molecular flexibility index (Phi) is 7.60. The molecule has 0 aliphatic heterocycles. The van der Waals surface area contributed by atoms with Gasteiger partial charge in [0, 0.05) is 11.0 Å². The zero-order valence-corrected chi connectivity index (χ0v) is 16.0. The number of nitrogens with one attached hydrogen (secondary N) is 1. The Morgan fingerprint density at radius 3 is 2.44 bits per heavy atom. The van der Waals surface area contributed by atoms with Gasteiger partial charge in [-0.05, 0) is 54.8 Å². The Morgan fingerprint density at radius 1 is 1.04 bits per heavy atom. The van der Waals surface area contributed by atoms with Crippen LogP contribution in [-0.4, -0.2) is 33.3 Å². The SMILES string of the molecule is COc1ccc(CCCNC(=O)COc2ccc(Br)cc2)cc1OC. The first-order chi connectivity index (χ1) is 12.1. The standard InChI is InChI=1S/C19H22BrNO4/c1-23-17-10-5-14(12-18(17)24-2)4-3-11-21-19(22)13-25-16-8-6-15(20)7-9-16/h5-10,12H,3-4,11,13H2,1-2H3,(H,21,22). The van der Waals surface area contributed by atoms with Gasteiger partial charge in [0.2, 0.25) is 0 Å². The van der Waals surface area contributed by atoms with Crippen molar-refractivity contribution < 1.29 is 19.0 Å². The molecule has 0 atom stereocenters. The first-order valence-electron chi connectivity index (χ1n) is 7.98. The van der Waals surface area contributed by atoms with Crippen molar-refractivity contribution in [1.29, 1.82) is 0 Å². The van der Waals surface area contributed by atoms with E-state index in [1.165, 1.54) is 0 Å². The number of halogens is 1. The van der Waals surface area contributed by atoms with Crippen molar-refractivity contribution in [2.24, 2.45) is 0 Å². The first kappa shape index (κ1) is 19.1. The van der Waals surface area contributed by atoms with Crippen LogP contribution in [0.3, 0.4) is 0 Å². The lowest BCUT2D eigenvalue weighted by molar-refractivity contribution is -0.123. The average Bonchev–Trinajstić information content (AvgIpc) is 2.64. The third-order valence-corrected chi connectivity index (χ3v) is 4.12. The molecule has 1 N–H and O–H groups in total. The summed E-state index contributed by atoms with van der Waals surface area (Å²) in [7, 11) is 3.23.